The average Bonchev–Trinajstić information content (AvgIpc) is 3.17. The van der Waals surface area contributed by atoms with Crippen LogP contribution in [0.4, 0.5) is 0 Å². The number of fused-ring (bicyclic) bond motifs is 1. The van der Waals surface area contributed by atoms with Gasteiger partial charge < -0.3 is 13.8 Å². The first-order valence-electron chi connectivity index (χ1n) is 6.79. The lowest BCUT2D eigenvalue weighted by atomic mass is 10.1. The first-order chi connectivity index (χ1) is 9.83. The molecule has 0 unspecified atom stereocenters. The Bertz CT molecular complexity index is 753. The van der Waals surface area contributed by atoms with Crippen LogP contribution in [0.2, 0.25) is 0 Å². The highest BCUT2D eigenvalue weighted by atomic mass is 16.5. The van der Waals surface area contributed by atoms with Gasteiger partial charge in [0.1, 0.15) is 0 Å². The number of aromatic nitrogens is 3. The van der Waals surface area contributed by atoms with Gasteiger partial charge in [0.2, 0.25) is 0 Å². The van der Waals surface area contributed by atoms with Crippen LogP contribution in [-0.2, 0) is 11.8 Å². The molecule has 1 atom stereocenters. The third-order valence-electron chi connectivity index (χ3n) is 3.86. The SMILES string of the molecule is Cn1cc(-c2nc([C@@H]3CCOC3)no2)c2ccccc21. The lowest BCUT2D eigenvalue weighted by Gasteiger charge is -1.97. The average molecular weight is 269 g/mol. The molecule has 5 nitrogen and oxygen atoms in total. The molecule has 102 valence electrons. The molecule has 0 bridgehead atoms. The van der Waals surface area contributed by atoms with Crippen molar-refractivity contribution in [3.05, 3.63) is 36.3 Å². The van der Waals surface area contributed by atoms with E-state index < -0.39 is 0 Å². The van der Waals surface area contributed by atoms with Crippen LogP contribution in [0.3, 0.4) is 0 Å². The van der Waals surface area contributed by atoms with Crippen molar-refractivity contribution in [1.82, 2.24) is 14.7 Å². The van der Waals surface area contributed by atoms with Gasteiger partial charge in [-0.15, -0.1) is 0 Å². The molecule has 0 spiro atoms. The molecule has 0 radical (unpaired) electrons. The number of aryl methyl sites for hydroxylation is 1. The van der Waals surface area contributed by atoms with E-state index in [0.29, 0.717) is 12.5 Å². The Hall–Kier alpha value is -2.14. The summed E-state index contributed by atoms with van der Waals surface area (Å²) >= 11 is 0. The Labute approximate surface area is 116 Å². The third kappa shape index (κ3) is 1.74. The zero-order valence-electron chi connectivity index (χ0n) is 11.2. The number of nitrogens with zero attached hydrogens (tertiary/aromatic N) is 3. The summed E-state index contributed by atoms with van der Waals surface area (Å²) in [6.45, 7) is 1.47. The van der Waals surface area contributed by atoms with Crippen LogP contribution in [0, 0.1) is 0 Å². The van der Waals surface area contributed by atoms with E-state index >= 15 is 0 Å². The Balaban J connectivity index is 1.79. The van der Waals surface area contributed by atoms with E-state index in [1.165, 1.54) is 0 Å². The number of hydrogen-bond acceptors (Lipinski definition) is 4. The third-order valence-corrected chi connectivity index (χ3v) is 3.86. The highest BCUT2D eigenvalue weighted by Gasteiger charge is 2.24. The second-order valence-electron chi connectivity index (χ2n) is 5.19. The molecule has 3 aromatic rings. The fourth-order valence-electron chi connectivity index (χ4n) is 2.76. The van der Waals surface area contributed by atoms with Gasteiger partial charge in [-0.2, -0.15) is 4.98 Å². The van der Waals surface area contributed by atoms with E-state index in [1.54, 1.807) is 0 Å². The lowest BCUT2D eigenvalue weighted by molar-refractivity contribution is 0.192. The van der Waals surface area contributed by atoms with Crippen LogP contribution in [0.15, 0.2) is 35.0 Å². The number of benzene rings is 1. The fourth-order valence-corrected chi connectivity index (χ4v) is 2.76. The number of rotatable bonds is 2. The van der Waals surface area contributed by atoms with Crippen molar-refractivity contribution < 1.29 is 9.26 Å². The summed E-state index contributed by atoms with van der Waals surface area (Å²) in [7, 11) is 2.02. The van der Waals surface area contributed by atoms with Crippen LogP contribution in [0.5, 0.6) is 0 Å². The summed E-state index contributed by atoms with van der Waals surface area (Å²) in [4.78, 5) is 4.55. The monoisotopic (exact) mass is 269 g/mol. The summed E-state index contributed by atoms with van der Waals surface area (Å²) in [6.07, 6.45) is 3.00. The van der Waals surface area contributed by atoms with Gasteiger partial charge in [-0.25, -0.2) is 0 Å². The quantitative estimate of drug-likeness (QED) is 0.717. The lowest BCUT2D eigenvalue weighted by Crippen LogP contribution is -1.99. The second-order valence-corrected chi connectivity index (χ2v) is 5.19. The predicted octanol–water partition coefficient (Wildman–Crippen LogP) is 2.73. The topological polar surface area (TPSA) is 53.1 Å². The van der Waals surface area contributed by atoms with E-state index in [-0.39, 0.29) is 5.92 Å². The fraction of sp³-hybridized carbons (Fsp3) is 0.333. The van der Waals surface area contributed by atoms with E-state index in [2.05, 4.69) is 26.8 Å². The molecule has 1 fully saturated rings. The summed E-state index contributed by atoms with van der Waals surface area (Å²) in [5, 5.41) is 5.25. The number of ether oxygens (including phenoxy) is 1. The maximum Gasteiger partial charge on any atom is 0.260 e. The first-order valence-corrected chi connectivity index (χ1v) is 6.79. The molecule has 1 aliphatic rings. The molecule has 1 aliphatic heterocycles. The molecule has 5 heteroatoms. The normalized spacial score (nSPS) is 18.9. The van der Waals surface area contributed by atoms with E-state index in [9.17, 15) is 0 Å². The molecule has 0 N–H and O–H groups in total. The molecule has 1 aromatic carbocycles. The summed E-state index contributed by atoms with van der Waals surface area (Å²) < 4.78 is 12.9. The van der Waals surface area contributed by atoms with Gasteiger partial charge in [-0.1, -0.05) is 23.4 Å². The summed E-state index contributed by atoms with van der Waals surface area (Å²) in [6, 6.07) is 8.21. The molecule has 0 amide bonds. The van der Waals surface area contributed by atoms with E-state index in [1.807, 2.05) is 25.4 Å². The van der Waals surface area contributed by atoms with Gasteiger partial charge >= 0.3 is 0 Å². The van der Waals surface area contributed by atoms with Crippen LogP contribution in [-0.4, -0.2) is 27.9 Å². The van der Waals surface area contributed by atoms with E-state index in [4.69, 9.17) is 9.26 Å². The second kappa shape index (κ2) is 4.45. The Morgan fingerprint density at radius 2 is 2.20 bits per heavy atom. The summed E-state index contributed by atoms with van der Waals surface area (Å²) in [5.74, 6) is 1.61. The van der Waals surface area contributed by atoms with Gasteiger partial charge in [-0.3, -0.25) is 0 Å². The molecule has 4 rings (SSSR count). The van der Waals surface area contributed by atoms with Crippen molar-refractivity contribution in [3.63, 3.8) is 0 Å². The number of hydrogen-bond donors (Lipinski definition) is 0. The molecule has 3 heterocycles. The smallest absolute Gasteiger partial charge is 0.260 e. The summed E-state index contributed by atoms with van der Waals surface area (Å²) in [5.41, 5.74) is 2.15. The predicted molar refractivity (Wildman–Crippen MR) is 74.4 cm³/mol. The molecular weight excluding hydrogens is 254 g/mol. The van der Waals surface area contributed by atoms with Crippen molar-refractivity contribution in [3.8, 4) is 11.5 Å². The minimum atomic E-state index is 0.266. The van der Waals surface area contributed by atoms with Crippen molar-refractivity contribution in [2.24, 2.45) is 7.05 Å². The zero-order valence-corrected chi connectivity index (χ0v) is 11.2. The molecule has 0 aliphatic carbocycles. The van der Waals surface area contributed by atoms with Crippen LogP contribution in [0.1, 0.15) is 18.2 Å². The van der Waals surface area contributed by atoms with Gasteiger partial charge in [0.15, 0.2) is 5.82 Å². The van der Waals surface area contributed by atoms with Crippen LogP contribution >= 0.6 is 0 Å². The van der Waals surface area contributed by atoms with Crippen LogP contribution < -0.4 is 0 Å². The van der Waals surface area contributed by atoms with Crippen LogP contribution in [0.25, 0.3) is 22.4 Å². The highest BCUT2D eigenvalue weighted by molar-refractivity contribution is 5.93. The number of para-hydroxylation sites is 1. The standard InChI is InChI=1S/C15H15N3O2/c1-18-8-12(11-4-2-3-5-13(11)18)15-16-14(17-20-15)10-6-7-19-9-10/h2-5,8,10H,6-7,9H2,1H3/t10-/m1/s1. The van der Waals surface area contributed by atoms with Gasteiger partial charge in [0.25, 0.3) is 5.89 Å². The Kier molecular flexibility index (Phi) is 2.60. The van der Waals surface area contributed by atoms with Crippen molar-refractivity contribution >= 4 is 10.9 Å². The van der Waals surface area contributed by atoms with Crippen molar-refractivity contribution in [2.45, 2.75) is 12.3 Å². The largest absolute Gasteiger partial charge is 0.381 e. The molecule has 2 aromatic heterocycles. The Morgan fingerprint density at radius 1 is 1.30 bits per heavy atom. The maximum atomic E-state index is 5.45. The first kappa shape index (κ1) is 11.7. The Morgan fingerprint density at radius 3 is 3.05 bits per heavy atom. The van der Waals surface area contributed by atoms with Crippen molar-refractivity contribution in [2.75, 3.05) is 13.2 Å². The molecule has 1 saturated heterocycles. The van der Waals surface area contributed by atoms with E-state index in [0.717, 1.165) is 35.3 Å². The maximum absolute atomic E-state index is 5.45. The van der Waals surface area contributed by atoms with Crippen molar-refractivity contribution in [1.29, 1.82) is 0 Å². The minimum absolute atomic E-state index is 0.266. The van der Waals surface area contributed by atoms with Gasteiger partial charge in [-0.05, 0) is 12.5 Å². The minimum Gasteiger partial charge on any atom is -0.381 e. The van der Waals surface area contributed by atoms with Gasteiger partial charge in [0.05, 0.1) is 12.2 Å². The zero-order chi connectivity index (χ0) is 13.5. The molecule has 20 heavy (non-hydrogen) atoms. The van der Waals surface area contributed by atoms with Gasteiger partial charge in [0, 0.05) is 36.7 Å². The molecular formula is C15H15N3O2. The highest BCUT2D eigenvalue weighted by Crippen LogP contribution is 2.31. The molecule has 0 saturated carbocycles.